The van der Waals surface area contributed by atoms with Gasteiger partial charge < -0.3 is 5.11 Å². The first-order valence-electron chi connectivity index (χ1n) is 4.15. The predicted molar refractivity (Wildman–Crippen MR) is 59.2 cm³/mol. The molecule has 0 saturated carbocycles. The first kappa shape index (κ1) is 10.2. The standard InChI is InChI=1S/C10H6Cl2N2O/c11-7-5-13-10(12)14-9(7)6-3-1-2-4-8(6)15/h1-5,15H. The first-order valence-corrected chi connectivity index (χ1v) is 4.90. The third-order valence-electron chi connectivity index (χ3n) is 1.87. The molecule has 0 aliphatic rings. The summed E-state index contributed by atoms with van der Waals surface area (Å²) in [5.41, 5.74) is 0.960. The van der Waals surface area contributed by atoms with Crippen LogP contribution in [0.5, 0.6) is 5.75 Å². The second kappa shape index (κ2) is 4.04. The van der Waals surface area contributed by atoms with E-state index in [1.54, 1.807) is 24.3 Å². The van der Waals surface area contributed by atoms with E-state index in [-0.39, 0.29) is 11.0 Å². The highest BCUT2D eigenvalue weighted by atomic mass is 35.5. The van der Waals surface area contributed by atoms with E-state index in [2.05, 4.69) is 9.97 Å². The Morgan fingerprint density at radius 1 is 1.13 bits per heavy atom. The van der Waals surface area contributed by atoms with Crippen LogP contribution < -0.4 is 0 Å². The van der Waals surface area contributed by atoms with Crippen LogP contribution >= 0.6 is 23.2 Å². The average Bonchev–Trinajstić information content (AvgIpc) is 2.23. The van der Waals surface area contributed by atoms with Crippen molar-refractivity contribution in [3.05, 3.63) is 40.8 Å². The zero-order chi connectivity index (χ0) is 10.8. The van der Waals surface area contributed by atoms with Gasteiger partial charge in [-0.3, -0.25) is 0 Å². The van der Waals surface area contributed by atoms with Crippen LogP contribution in [0, 0.1) is 0 Å². The molecule has 1 heterocycles. The maximum atomic E-state index is 9.62. The van der Waals surface area contributed by atoms with E-state index >= 15 is 0 Å². The molecule has 76 valence electrons. The van der Waals surface area contributed by atoms with Crippen LogP contribution in [0.25, 0.3) is 11.3 Å². The molecule has 0 aliphatic heterocycles. The molecule has 0 spiro atoms. The molecule has 5 heteroatoms. The van der Waals surface area contributed by atoms with Gasteiger partial charge in [0.15, 0.2) is 0 Å². The van der Waals surface area contributed by atoms with Crippen molar-refractivity contribution in [2.75, 3.05) is 0 Å². The Bertz CT molecular complexity index is 503. The molecule has 0 fully saturated rings. The van der Waals surface area contributed by atoms with Crippen molar-refractivity contribution in [3.63, 3.8) is 0 Å². The molecule has 0 unspecified atom stereocenters. The quantitative estimate of drug-likeness (QED) is 0.780. The van der Waals surface area contributed by atoms with Crippen LogP contribution in [-0.2, 0) is 0 Å². The minimum absolute atomic E-state index is 0.0950. The van der Waals surface area contributed by atoms with Gasteiger partial charge in [0.05, 0.1) is 16.9 Å². The first-order chi connectivity index (χ1) is 7.18. The van der Waals surface area contributed by atoms with Gasteiger partial charge in [-0.05, 0) is 23.7 Å². The molecule has 0 amide bonds. The van der Waals surface area contributed by atoms with Gasteiger partial charge in [0, 0.05) is 5.56 Å². The van der Waals surface area contributed by atoms with Gasteiger partial charge >= 0.3 is 0 Å². The minimum atomic E-state index is 0.0950. The van der Waals surface area contributed by atoms with Gasteiger partial charge in [0.25, 0.3) is 0 Å². The lowest BCUT2D eigenvalue weighted by atomic mass is 10.1. The zero-order valence-corrected chi connectivity index (χ0v) is 9.00. The predicted octanol–water partition coefficient (Wildman–Crippen LogP) is 3.16. The Morgan fingerprint density at radius 2 is 1.87 bits per heavy atom. The van der Waals surface area contributed by atoms with E-state index in [9.17, 15) is 5.11 Å². The molecule has 0 radical (unpaired) electrons. The fourth-order valence-electron chi connectivity index (χ4n) is 1.21. The van der Waals surface area contributed by atoms with Crippen LogP contribution in [0.15, 0.2) is 30.5 Å². The van der Waals surface area contributed by atoms with Gasteiger partial charge in [-0.25, -0.2) is 9.97 Å². The summed E-state index contributed by atoms with van der Waals surface area (Å²) in [7, 11) is 0. The molecule has 0 bridgehead atoms. The number of aromatic nitrogens is 2. The number of phenols is 1. The summed E-state index contributed by atoms with van der Waals surface area (Å²) >= 11 is 11.6. The highest BCUT2D eigenvalue weighted by Crippen LogP contribution is 2.32. The Hall–Kier alpha value is -1.32. The summed E-state index contributed by atoms with van der Waals surface area (Å²) in [6.45, 7) is 0. The van der Waals surface area contributed by atoms with Gasteiger partial charge in [0.2, 0.25) is 5.28 Å². The molecule has 15 heavy (non-hydrogen) atoms. The molecule has 2 aromatic rings. The van der Waals surface area contributed by atoms with Crippen LogP contribution in [0.2, 0.25) is 10.3 Å². The number of para-hydroxylation sites is 1. The maximum absolute atomic E-state index is 9.62. The van der Waals surface area contributed by atoms with Crippen molar-refractivity contribution in [3.8, 4) is 17.0 Å². The number of hydrogen-bond donors (Lipinski definition) is 1. The van der Waals surface area contributed by atoms with E-state index in [1.165, 1.54) is 6.20 Å². The topological polar surface area (TPSA) is 46.0 Å². The van der Waals surface area contributed by atoms with E-state index in [4.69, 9.17) is 23.2 Å². The molecule has 0 saturated heterocycles. The van der Waals surface area contributed by atoms with Crippen molar-refractivity contribution in [2.45, 2.75) is 0 Å². The SMILES string of the molecule is Oc1ccccc1-c1nc(Cl)ncc1Cl. The summed E-state index contributed by atoms with van der Waals surface area (Å²) in [6, 6.07) is 6.76. The lowest BCUT2D eigenvalue weighted by Gasteiger charge is -2.05. The Balaban J connectivity index is 2.64. The van der Waals surface area contributed by atoms with Crippen molar-refractivity contribution >= 4 is 23.2 Å². The number of halogens is 2. The van der Waals surface area contributed by atoms with Crippen LogP contribution in [0.4, 0.5) is 0 Å². The van der Waals surface area contributed by atoms with Crippen molar-refractivity contribution in [1.82, 2.24) is 9.97 Å². The third kappa shape index (κ3) is 2.03. The highest BCUT2D eigenvalue weighted by Gasteiger charge is 2.10. The lowest BCUT2D eigenvalue weighted by molar-refractivity contribution is 0.477. The summed E-state index contributed by atoms with van der Waals surface area (Å²) in [5.74, 6) is 0.106. The fourth-order valence-corrected chi connectivity index (χ4v) is 1.53. The summed E-state index contributed by atoms with van der Waals surface area (Å²) in [6.07, 6.45) is 1.40. The molecule has 0 atom stereocenters. The monoisotopic (exact) mass is 240 g/mol. The zero-order valence-electron chi connectivity index (χ0n) is 7.48. The van der Waals surface area contributed by atoms with Crippen LogP contribution in [0.1, 0.15) is 0 Å². The summed E-state index contributed by atoms with van der Waals surface area (Å²) in [4.78, 5) is 7.70. The summed E-state index contributed by atoms with van der Waals surface area (Å²) < 4.78 is 0. The van der Waals surface area contributed by atoms with Crippen molar-refractivity contribution < 1.29 is 5.11 Å². The van der Waals surface area contributed by atoms with Crippen LogP contribution in [-0.4, -0.2) is 15.1 Å². The number of phenolic OH excluding ortho intramolecular Hbond substituents is 1. The fraction of sp³-hybridized carbons (Fsp3) is 0. The van der Waals surface area contributed by atoms with E-state index in [0.717, 1.165) is 0 Å². The number of nitrogens with zero attached hydrogens (tertiary/aromatic N) is 2. The molecule has 0 aliphatic carbocycles. The largest absolute Gasteiger partial charge is 0.507 e. The number of aromatic hydroxyl groups is 1. The molecule has 2 rings (SSSR count). The Labute approximate surface area is 96.3 Å². The van der Waals surface area contributed by atoms with E-state index in [0.29, 0.717) is 16.3 Å². The van der Waals surface area contributed by atoms with Gasteiger partial charge in [-0.15, -0.1) is 0 Å². The van der Waals surface area contributed by atoms with E-state index < -0.39 is 0 Å². The number of hydrogen-bond acceptors (Lipinski definition) is 3. The minimum Gasteiger partial charge on any atom is -0.507 e. The summed E-state index contributed by atoms with van der Waals surface area (Å²) in [5, 5.41) is 10.1. The molecule has 3 nitrogen and oxygen atoms in total. The van der Waals surface area contributed by atoms with Gasteiger partial charge in [0.1, 0.15) is 5.75 Å². The normalized spacial score (nSPS) is 10.3. The van der Waals surface area contributed by atoms with Crippen molar-refractivity contribution in [1.29, 1.82) is 0 Å². The Kier molecular flexibility index (Phi) is 2.75. The average molecular weight is 241 g/mol. The molecular formula is C10H6Cl2N2O. The molecular weight excluding hydrogens is 235 g/mol. The van der Waals surface area contributed by atoms with Gasteiger partial charge in [-0.2, -0.15) is 0 Å². The van der Waals surface area contributed by atoms with Crippen molar-refractivity contribution in [2.24, 2.45) is 0 Å². The van der Waals surface area contributed by atoms with Gasteiger partial charge in [-0.1, -0.05) is 23.7 Å². The maximum Gasteiger partial charge on any atom is 0.222 e. The lowest BCUT2D eigenvalue weighted by Crippen LogP contribution is -1.89. The van der Waals surface area contributed by atoms with Crippen LogP contribution in [0.3, 0.4) is 0 Å². The Morgan fingerprint density at radius 3 is 2.60 bits per heavy atom. The smallest absolute Gasteiger partial charge is 0.222 e. The number of benzene rings is 1. The highest BCUT2D eigenvalue weighted by molar-refractivity contribution is 6.33. The third-order valence-corrected chi connectivity index (χ3v) is 2.33. The second-order valence-electron chi connectivity index (χ2n) is 2.85. The number of rotatable bonds is 1. The second-order valence-corrected chi connectivity index (χ2v) is 3.60. The molecule has 1 aromatic carbocycles. The molecule has 1 aromatic heterocycles. The van der Waals surface area contributed by atoms with E-state index in [1.807, 2.05) is 0 Å². The molecule has 1 N–H and O–H groups in total.